The molecule has 7 nitrogen and oxygen atoms in total. The van der Waals surface area contributed by atoms with Gasteiger partial charge in [-0.25, -0.2) is 13.6 Å². The second-order valence-electron chi connectivity index (χ2n) is 4.69. The molecule has 11 heteroatoms. The quantitative estimate of drug-likeness (QED) is 0.781. The molecule has 0 spiro atoms. The first kappa shape index (κ1) is 16.4. The molecule has 0 saturated carbocycles. The van der Waals surface area contributed by atoms with Gasteiger partial charge in [-0.05, 0) is 12.1 Å². The number of carbonyl (C=O) groups is 1. The van der Waals surface area contributed by atoms with E-state index < -0.39 is 33.3 Å². The Morgan fingerprint density at radius 1 is 1.32 bits per heavy atom. The third kappa shape index (κ3) is 3.60. The number of ether oxygens (including phenoxy) is 1. The summed E-state index contributed by atoms with van der Waals surface area (Å²) in [6.07, 6.45) is -5.17. The van der Waals surface area contributed by atoms with Gasteiger partial charge in [-0.1, -0.05) is 0 Å². The Kier molecular flexibility index (Phi) is 3.96. The highest BCUT2D eigenvalue weighted by molar-refractivity contribution is 7.89. The third-order valence-corrected chi connectivity index (χ3v) is 4.32. The largest absolute Gasteiger partial charge is 0.573 e. The Hall–Kier alpha value is -2.01. The van der Waals surface area contributed by atoms with Gasteiger partial charge in [-0.2, -0.15) is 0 Å². The molecule has 0 radical (unpaired) electrons. The van der Waals surface area contributed by atoms with E-state index in [4.69, 9.17) is 10.9 Å². The number of anilines is 2. The summed E-state index contributed by atoms with van der Waals surface area (Å²) in [6, 6.07) is 3.04. The molecule has 0 aliphatic carbocycles. The second-order valence-corrected chi connectivity index (χ2v) is 6.53. The number of hydrogen-bond donors (Lipinski definition) is 2. The fourth-order valence-electron chi connectivity index (χ4n) is 2.10. The van der Waals surface area contributed by atoms with Crippen molar-refractivity contribution in [3.8, 4) is 5.75 Å². The smallest absolute Gasteiger partial charge is 0.406 e. The van der Waals surface area contributed by atoms with Crippen LogP contribution in [0.15, 0.2) is 18.2 Å². The van der Waals surface area contributed by atoms with Crippen molar-refractivity contribution >= 4 is 27.3 Å². The first-order valence-electron chi connectivity index (χ1n) is 5.94. The predicted octanol–water partition coefficient (Wildman–Crippen LogP) is 0.561. The lowest BCUT2D eigenvalue weighted by Gasteiger charge is -2.19. The summed E-state index contributed by atoms with van der Waals surface area (Å²) in [4.78, 5) is 12.9. The van der Waals surface area contributed by atoms with Gasteiger partial charge >= 0.3 is 6.36 Å². The van der Waals surface area contributed by atoms with Crippen molar-refractivity contribution in [2.45, 2.75) is 18.0 Å². The van der Waals surface area contributed by atoms with Gasteiger partial charge < -0.3 is 15.4 Å². The molecule has 122 valence electrons. The number of sulfonamides is 1. The number of nitrogen functional groups attached to an aromatic ring is 1. The van der Waals surface area contributed by atoms with E-state index in [2.05, 4.69) is 4.74 Å². The van der Waals surface area contributed by atoms with E-state index in [1.807, 2.05) is 0 Å². The number of halogens is 3. The minimum Gasteiger partial charge on any atom is -0.406 e. The zero-order valence-electron chi connectivity index (χ0n) is 11.0. The molecule has 1 atom stereocenters. The van der Waals surface area contributed by atoms with Crippen molar-refractivity contribution in [3.63, 3.8) is 0 Å². The van der Waals surface area contributed by atoms with Crippen molar-refractivity contribution in [2.75, 3.05) is 17.2 Å². The topological polar surface area (TPSA) is 116 Å². The first-order chi connectivity index (χ1) is 9.97. The molecule has 1 heterocycles. The van der Waals surface area contributed by atoms with Crippen molar-refractivity contribution in [1.29, 1.82) is 0 Å². The standard InChI is InChI=1S/C11H12F3N3O4S/c12-11(13,14)21-6-1-2-9(8(15)3-6)17-5-7(4-10(17)18)22(16,19)20/h1-3,7H,4-5,15H2,(H2,16,19,20). The van der Waals surface area contributed by atoms with E-state index in [1.54, 1.807) is 0 Å². The lowest BCUT2D eigenvalue weighted by atomic mass is 10.2. The molecule has 1 saturated heterocycles. The van der Waals surface area contributed by atoms with E-state index in [1.165, 1.54) is 0 Å². The van der Waals surface area contributed by atoms with Gasteiger partial charge in [0.1, 0.15) is 11.0 Å². The number of benzene rings is 1. The SMILES string of the molecule is Nc1cc(OC(F)(F)F)ccc1N1CC(S(N)(=O)=O)CC1=O. The number of rotatable bonds is 3. The Morgan fingerprint density at radius 2 is 1.95 bits per heavy atom. The minimum absolute atomic E-state index is 0.102. The van der Waals surface area contributed by atoms with Crippen LogP contribution in [0.25, 0.3) is 0 Å². The van der Waals surface area contributed by atoms with Gasteiger partial charge in [0.05, 0.1) is 11.4 Å². The summed E-state index contributed by atoms with van der Waals surface area (Å²) in [5.41, 5.74) is 5.57. The fourth-order valence-corrected chi connectivity index (χ4v) is 2.83. The molecule has 1 aliphatic heterocycles. The normalized spacial score (nSPS) is 19.5. The molecule has 1 amide bonds. The molecule has 22 heavy (non-hydrogen) atoms. The molecular weight excluding hydrogens is 327 g/mol. The molecule has 0 bridgehead atoms. The number of hydrogen-bond acceptors (Lipinski definition) is 5. The van der Waals surface area contributed by atoms with Crippen LogP contribution >= 0.6 is 0 Å². The van der Waals surface area contributed by atoms with Gasteiger partial charge in [0.2, 0.25) is 15.9 Å². The van der Waals surface area contributed by atoms with Crippen LogP contribution in [-0.4, -0.2) is 32.5 Å². The summed E-state index contributed by atoms with van der Waals surface area (Å²) in [5.74, 6) is -1.07. The predicted molar refractivity (Wildman–Crippen MR) is 71.4 cm³/mol. The molecular formula is C11H12F3N3O4S. The maximum absolute atomic E-state index is 12.1. The van der Waals surface area contributed by atoms with Gasteiger partial charge in [0.15, 0.2) is 0 Å². The Balaban J connectivity index is 2.25. The van der Waals surface area contributed by atoms with Crippen LogP contribution < -0.4 is 20.5 Å². The first-order valence-corrected chi connectivity index (χ1v) is 7.55. The van der Waals surface area contributed by atoms with Crippen LogP contribution in [-0.2, 0) is 14.8 Å². The number of nitrogens with two attached hydrogens (primary N) is 2. The van der Waals surface area contributed by atoms with E-state index in [9.17, 15) is 26.4 Å². The summed E-state index contributed by atoms with van der Waals surface area (Å²) in [7, 11) is -3.90. The average Bonchev–Trinajstić information content (AvgIpc) is 2.69. The van der Waals surface area contributed by atoms with Crippen molar-refractivity contribution < 1.29 is 31.1 Å². The zero-order valence-corrected chi connectivity index (χ0v) is 11.8. The van der Waals surface area contributed by atoms with Crippen molar-refractivity contribution in [1.82, 2.24) is 0 Å². The molecule has 1 aliphatic rings. The van der Waals surface area contributed by atoms with Gasteiger partial charge in [-0.15, -0.1) is 13.2 Å². The number of primary sulfonamides is 1. The maximum atomic E-state index is 12.1. The summed E-state index contributed by atoms with van der Waals surface area (Å²) >= 11 is 0. The summed E-state index contributed by atoms with van der Waals surface area (Å²) < 4.78 is 62.6. The molecule has 1 unspecified atom stereocenters. The van der Waals surface area contributed by atoms with Crippen LogP contribution in [0.3, 0.4) is 0 Å². The number of alkyl halides is 3. The molecule has 0 aromatic heterocycles. The Labute approximate surface area is 123 Å². The lowest BCUT2D eigenvalue weighted by molar-refractivity contribution is -0.274. The van der Waals surface area contributed by atoms with Crippen molar-refractivity contribution in [2.24, 2.45) is 5.14 Å². The maximum Gasteiger partial charge on any atom is 0.573 e. The van der Waals surface area contributed by atoms with Crippen LogP contribution in [0.5, 0.6) is 5.75 Å². The van der Waals surface area contributed by atoms with Crippen LogP contribution in [0, 0.1) is 0 Å². The van der Waals surface area contributed by atoms with Crippen LogP contribution in [0.1, 0.15) is 6.42 Å². The molecule has 1 aromatic carbocycles. The van der Waals surface area contributed by atoms with E-state index >= 15 is 0 Å². The molecule has 1 aromatic rings. The monoisotopic (exact) mass is 339 g/mol. The molecule has 4 N–H and O–H groups in total. The van der Waals surface area contributed by atoms with E-state index in [0.29, 0.717) is 0 Å². The highest BCUT2D eigenvalue weighted by Gasteiger charge is 2.38. The zero-order chi connectivity index (χ0) is 16.7. The minimum atomic E-state index is -4.86. The number of nitrogens with zero attached hydrogens (tertiary/aromatic N) is 1. The highest BCUT2D eigenvalue weighted by atomic mass is 32.2. The highest BCUT2D eigenvalue weighted by Crippen LogP contribution is 2.33. The van der Waals surface area contributed by atoms with E-state index in [-0.39, 0.29) is 24.3 Å². The summed E-state index contributed by atoms with van der Waals surface area (Å²) in [5, 5.41) is 3.91. The fraction of sp³-hybridized carbons (Fsp3) is 0.364. The van der Waals surface area contributed by atoms with Crippen LogP contribution in [0.2, 0.25) is 0 Å². The third-order valence-electron chi connectivity index (χ3n) is 3.08. The van der Waals surface area contributed by atoms with Crippen molar-refractivity contribution in [3.05, 3.63) is 18.2 Å². The number of amides is 1. The molecule has 1 fully saturated rings. The van der Waals surface area contributed by atoms with Gasteiger partial charge in [-0.3, -0.25) is 4.79 Å². The average molecular weight is 339 g/mol. The lowest BCUT2D eigenvalue weighted by Crippen LogP contribution is -2.32. The Morgan fingerprint density at radius 3 is 2.41 bits per heavy atom. The van der Waals surface area contributed by atoms with E-state index in [0.717, 1.165) is 23.1 Å². The number of carbonyl (C=O) groups excluding carboxylic acids is 1. The summed E-state index contributed by atoms with van der Waals surface area (Å²) in [6.45, 7) is -0.207. The van der Waals surface area contributed by atoms with Crippen LogP contribution in [0.4, 0.5) is 24.5 Å². The Bertz CT molecular complexity index is 705. The van der Waals surface area contributed by atoms with Gasteiger partial charge in [0, 0.05) is 19.0 Å². The van der Waals surface area contributed by atoms with Gasteiger partial charge in [0.25, 0.3) is 0 Å². The molecule has 2 rings (SSSR count). The second kappa shape index (κ2) is 5.32.